The van der Waals surface area contributed by atoms with E-state index >= 15 is 0 Å². The zero-order chi connectivity index (χ0) is 9.23. The third kappa shape index (κ3) is 7.90. The van der Waals surface area contributed by atoms with E-state index in [9.17, 15) is 0 Å². The highest BCUT2D eigenvalue weighted by atomic mass is 16.5. The number of aliphatic hydroxyl groups is 3. The van der Waals surface area contributed by atoms with Crippen molar-refractivity contribution < 1.29 is 20.1 Å². The van der Waals surface area contributed by atoms with E-state index in [-0.39, 0.29) is 13.2 Å². The number of rotatable bonds is 8. The summed E-state index contributed by atoms with van der Waals surface area (Å²) in [6, 6.07) is 0. The molecule has 1 unspecified atom stereocenters. The Morgan fingerprint density at radius 1 is 1.25 bits per heavy atom. The molecule has 0 bridgehead atoms. The van der Waals surface area contributed by atoms with Crippen LogP contribution in [0.4, 0.5) is 0 Å². The van der Waals surface area contributed by atoms with Crippen molar-refractivity contribution in [3.63, 3.8) is 0 Å². The molecule has 0 saturated heterocycles. The van der Waals surface area contributed by atoms with Crippen molar-refractivity contribution in [3.8, 4) is 0 Å². The predicted octanol–water partition coefficient (Wildman–Crippen LogP) is -2.06. The number of ether oxygens (including phenoxy) is 1. The van der Waals surface area contributed by atoms with Crippen LogP contribution in [0.5, 0.6) is 0 Å². The lowest BCUT2D eigenvalue weighted by Gasteiger charge is -2.08. The predicted molar refractivity (Wildman–Crippen MR) is 43.9 cm³/mol. The number of hydrogen-bond donors (Lipinski definition) is 4. The quantitative estimate of drug-likeness (QED) is 0.322. The molecule has 0 amide bonds. The minimum atomic E-state index is -0.706. The molecule has 5 nitrogen and oxygen atoms in total. The SMILES string of the molecule is OCCOCCNCC(O)CO. The molecule has 0 aliphatic heterocycles. The van der Waals surface area contributed by atoms with Crippen molar-refractivity contribution in [2.45, 2.75) is 6.10 Å². The Balaban J connectivity index is 2.90. The first kappa shape index (κ1) is 11.8. The fourth-order valence-electron chi connectivity index (χ4n) is 0.644. The van der Waals surface area contributed by atoms with Crippen molar-refractivity contribution in [3.05, 3.63) is 0 Å². The highest BCUT2D eigenvalue weighted by molar-refractivity contribution is 4.56. The van der Waals surface area contributed by atoms with E-state index in [1.165, 1.54) is 0 Å². The van der Waals surface area contributed by atoms with Gasteiger partial charge >= 0.3 is 0 Å². The molecule has 4 N–H and O–H groups in total. The molecule has 0 aliphatic carbocycles. The molecule has 0 saturated carbocycles. The van der Waals surface area contributed by atoms with Gasteiger partial charge in [0.1, 0.15) is 0 Å². The Morgan fingerprint density at radius 3 is 2.58 bits per heavy atom. The summed E-state index contributed by atoms with van der Waals surface area (Å²) in [6.07, 6.45) is -0.706. The summed E-state index contributed by atoms with van der Waals surface area (Å²) in [7, 11) is 0. The Kier molecular flexibility index (Phi) is 8.74. The maximum absolute atomic E-state index is 8.87. The largest absolute Gasteiger partial charge is 0.394 e. The zero-order valence-corrected chi connectivity index (χ0v) is 7.07. The summed E-state index contributed by atoms with van der Waals surface area (Å²) in [5.41, 5.74) is 0. The molecular weight excluding hydrogens is 162 g/mol. The van der Waals surface area contributed by atoms with Crippen LogP contribution in [-0.2, 0) is 4.74 Å². The molecule has 1 atom stereocenters. The summed E-state index contributed by atoms with van der Waals surface area (Å²) < 4.78 is 4.94. The number of aliphatic hydroxyl groups excluding tert-OH is 3. The monoisotopic (exact) mass is 179 g/mol. The molecule has 0 aromatic heterocycles. The fraction of sp³-hybridized carbons (Fsp3) is 1.00. The van der Waals surface area contributed by atoms with Gasteiger partial charge in [0.05, 0.1) is 32.5 Å². The molecule has 0 rings (SSSR count). The Morgan fingerprint density at radius 2 is 2.00 bits per heavy atom. The van der Waals surface area contributed by atoms with Gasteiger partial charge in [-0.3, -0.25) is 0 Å². The first-order chi connectivity index (χ1) is 5.81. The van der Waals surface area contributed by atoms with Crippen molar-refractivity contribution in [2.24, 2.45) is 0 Å². The average molecular weight is 179 g/mol. The van der Waals surface area contributed by atoms with Crippen LogP contribution < -0.4 is 5.32 Å². The second-order valence-corrected chi connectivity index (χ2v) is 2.38. The van der Waals surface area contributed by atoms with Crippen LogP contribution in [0.15, 0.2) is 0 Å². The summed E-state index contributed by atoms with van der Waals surface area (Å²) in [5.74, 6) is 0. The molecule has 0 spiro atoms. The molecular formula is C7H17NO4. The van der Waals surface area contributed by atoms with Crippen LogP contribution in [0.1, 0.15) is 0 Å². The Hall–Kier alpha value is -0.200. The summed E-state index contributed by atoms with van der Waals surface area (Å²) in [4.78, 5) is 0. The fourth-order valence-corrected chi connectivity index (χ4v) is 0.644. The van der Waals surface area contributed by atoms with E-state index in [4.69, 9.17) is 20.1 Å². The van der Waals surface area contributed by atoms with Crippen LogP contribution >= 0.6 is 0 Å². The minimum absolute atomic E-state index is 0.0270. The Labute approximate surface area is 72.0 Å². The van der Waals surface area contributed by atoms with E-state index in [0.29, 0.717) is 26.3 Å². The maximum Gasteiger partial charge on any atom is 0.0894 e. The molecule has 74 valence electrons. The highest BCUT2D eigenvalue weighted by Gasteiger charge is 1.98. The molecule has 5 heteroatoms. The van der Waals surface area contributed by atoms with Gasteiger partial charge in [-0.1, -0.05) is 0 Å². The van der Waals surface area contributed by atoms with Gasteiger partial charge in [0.2, 0.25) is 0 Å². The lowest BCUT2D eigenvalue weighted by molar-refractivity contribution is 0.0798. The molecule has 0 aliphatic rings. The van der Waals surface area contributed by atoms with Crippen LogP contribution in [0, 0.1) is 0 Å². The van der Waals surface area contributed by atoms with Gasteiger partial charge in [0, 0.05) is 13.1 Å². The lowest BCUT2D eigenvalue weighted by Crippen LogP contribution is -2.31. The van der Waals surface area contributed by atoms with E-state index in [1.807, 2.05) is 0 Å². The van der Waals surface area contributed by atoms with Gasteiger partial charge in [0.15, 0.2) is 0 Å². The standard InChI is InChI=1S/C7H17NO4/c9-2-4-12-3-1-8-5-7(11)6-10/h7-11H,1-6H2. The molecule has 0 fully saturated rings. The minimum Gasteiger partial charge on any atom is -0.394 e. The van der Waals surface area contributed by atoms with E-state index in [0.717, 1.165) is 0 Å². The third-order valence-corrected chi connectivity index (χ3v) is 1.25. The van der Waals surface area contributed by atoms with Crippen LogP contribution in [-0.4, -0.2) is 60.9 Å². The average Bonchev–Trinajstić information content (AvgIpc) is 2.10. The van der Waals surface area contributed by atoms with Crippen LogP contribution in [0.3, 0.4) is 0 Å². The normalized spacial score (nSPS) is 13.2. The number of hydrogen-bond acceptors (Lipinski definition) is 5. The van der Waals surface area contributed by atoms with Gasteiger partial charge < -0.3 is 25.4 Å². The first-order valence-corrected chi connectivity index (χ1v) is 3.99. The van der Waals surface area contributed by atoms with Crippen LogP contribution in [0.25, 0.3) is 0 Å². The van der Waals surface area contributed by atoms with Gasteiger partial charge in [-0.2, -0.15) is 0 Å². The third-order valence-electron chi connectivity index (χ3n) is 1.25. The Bertz CT molecular complexity index is 91.5. The molecule has 0 aromatic carbocycles. The van der Waals surface area contributed by atoms with Gasteiger partial charge in [0.25, 0.3) is 0 Å². The van der Waals surface area contributed by atoms with Crippen molar-refractivity contribution in [2.75, 3.05) is 39.5 Å². The summed E-state index contributed by atoms with van der Waals surface area (Å²) >= 11 is 0. The first-order valence-electron chi connectivity index (χ1n) is 3.99. The maximum atomic E-state index is 8.87. The van der Waals surface area contributed by atoms with Crippen molar-refractivity contribution in [1.82, 2.24) is 5.32 Å². The van der Waals surface area contributed by atoms with E-state index in [1.54, 1.807) is 0 Å². The summed E-state index contributed by atoms with van der Waals surface area (Å²) in [6.45, 7) is 1.60. The van der Waals surface area contributed by atoms with E-state index in [2.05, 4.69) is 5.32 Å². The van der Waals surface area contributed by atoms with Gasteiger partial charge in [-0.25, -0.2) is 0 Å². The van der Waals surface area contributed by atoms with E-state index < -0.39 is 6.10 Å². The van der Waals surface area contributed by atoms with Gasteiger partial charge in [-0.15, -0.1) is 0 Å². The topological polar surface area (TPSA) is 82.0 Å². The molecule has 0 aromatic rings. The molecule has 0 heterocycles. The number of nitrogens with one attached hydrogen (secondary N) is 1. The lowest BCUT2D eigenvalue weighted by atomic mass is 10.4. The van der Waals surface area contributed by atoms with Gasteiger partial charge in [-0.05, 0) is 0 Å². The van der Waals surface area contributed by atoms with Crippen molar-refractivity contribution >= 4 is 0 Å². The van der Waals surface area contributed by atoms with Crippen molar-refractivity contribution in [1.29, 1.82) is 0 Å². The summed E-state index contributed by atoms with van der Waals surface area (Å²) in [5, 5.41) is 28.5. The second-order valence-electron chi connectivity index (χ2n) is 2.38. The zero-order valence-electron chi connectivity index (χ0n) is 7.07. The van der Waals surface area contributed by atoms with Crippen LogP contribution in [0.2, 0.25) is 0 Å². The second kappa shape index (κ2) is 8.89. The molecule has 0 radical (unpaired) electrons. The molecule has 12 heavy (non-hydrogen) atoms. The highest BCUT2D eigenvalue weighted by Crippen LogP contribution is 1.76. The smallest absolute Gasteiger partial charge is 0.0894 e.